The van der Waals surface area contributed by atoms with Crippen LogP contribution in [0.25, 0.3) is 11.3 Å². The normalized spacial score (nSPS) is 10.5. The number of halogens is 1. The van der Waals surface area contributed by atoms with Gasteiger partial charge in [0.2, 0.25) is 0 Å². The van der Waals surface area contributed by atoms with E-state index >= 15 is 0 Å². The summed E-state index contributed by atoms with van der Waals surface area (Å²) in [4.78, 5) is 1.26. The summed E-state index contributed by atoms with van der Waals surface area (Å²) in [6.07, 6.45) is 0. The molecule has 2 aromatic rings. The highest BCUT2D eigenvalue weighted by atomic mass is 79.9. The Hall–Kier alpha value is -0.710. The van der Waals surface area contributed by atoms with Gasteiger partial charge < -0.3 is 5.32 Å². The predicted molar refractivity (Wildman–Crippen MR) is 68.0 cm³/mol. The Morgan fingerprint density at radius 3 is 3.00 bits per heavy atom. The maximum atomic E-state index is 4.43. The van der Waals surface area contributed by atoms with Gasteiger partial charge in [0.1, 0.15) is 0 Å². The zero-order chi connectivity index (χ0) is 10.7. The molecule has 1 aromatic heterocycles. The fraction of sp³-hybridized carbons (Fsp3) is 0.182. The molecule has 4 heteroatoms. The van der Waals surface area contributed by atoms with Crippen LogP contribution in [0.3, 0.4) is 0 Å². The largest absolute Gasteiger partial charge is 0.315 e. The molecule has 1 aromatic carbocycles. The monoisotopic (exact) mass is 282 g/mol. The Morgan fingerprint density at radius 1 is 1.40 bits per heavy atom. The molecule has 0 saturated heterocycles. The van der Waals surface area contributed by atoms with Crippen molar-refractivity contribution >= 4 is 27.5 Å². The van der Waals surface area contributed by atoms with Gasteiger partial charge in [0.25, 0.3) is 0 Å². The first-order valence-corrected chi connectivity index (χ1v) is 6.22. The molecule has 0 aliphatic heterocycles. The summed E-state index contributed by atoms with van der Waals surface area (Å²) in [6, 6.07) is 10.3. The molecule has 1 N–H and O–H groups in total. The van der Waals surface area contributed by atoms with E-state index in [0.29, 0.717) is 0 Å². The van der Waals surface area contributed by atoms with Crippen LogP contribution in [0.2, 0.25) is 0 Å². The second kappa shape index (κ2) is 4.88. The van der Waals surface area contributed by atoms with Crippen molar-refractivity contribution < 1.29 is 0 Å². The molecule has 0 bridgehead atoms. The van der Waals surface area contributed by atoms with Gasteiger partial charge in [-0.15, -0.1) is 0 Å². The molecule has 78 valence electrons. The van der Waals surface area contributed by atoms with E-state index in [4.69, 9.17) is 0 Å². The van der Waals surface area contributed by atoms with Crippen molar-refractivity contribution in [3.8, 4) is 11.3 Å². The van der Waals surface area contributed by atoms with E-state index in [-0.39, 0.29) is 0 Å². The van der Waals surface area contributed by atoms with Crippen LogP contribution in [0.5, 0.6) is 0 Å². The molecule has 0 amide bonds. The molecular weight excluding hydrogens is 272 g/mol. The molecule has 0 spiro atoms. The van der Waals surface area contributed by atoms with Gasteiger partial charge in [0.15, 0.2) is 0 Å². The first kappa shape index (κ1) is 10.8. The van der Waals surface area contributed by atoms with Gasteiger partial charge in [-0.1, -0.05) is 28.1 Å². The Morgan fingerprint density at radius 2 is 2.27 bits per heavy atom. The topological polar surface area (TPSA) is 24.9 Å². The molecule has 0 aliphatic carbocycles. The van der Waals surface area contributed by atoms with Gasteiger partial charge >= 0.3 is 0 Å². The van der Waals surface area contributed by atoms with Gasteiger partial charge in [0.05, 0.1) is 5.69 Å². The molecule has 0 fully saturated rings. The van der Waals surface area contributed by atoms with E-state index < -0.39 is 0 Å². The number of rotatable bonds is 3. The number of hydrogen-bond donors (Lipinski definition) is 1. The van der Waals surface area contributed by atoms with Crippen LogP contribution in [-0.4, -0.2) is 11.4 Å². The SMILES string of the molecule is CNCc1cc(-c2cccc(Br)c2)ns1. The summed E-state index contributed by atoms with van der Waals surface area (Å²) >= 11 is 5.01. The van der Waals surface area contributed by atoms with Crippen molar-refractivity contribution in [2.45, 2.75) is 6.54 Å². The van der Waals surface area contributed by atoms with Crippen molar-refractivity contribution in [3.63, 3.8) is 0 Å². The lowest BCUT2D eigenvalue weighted by Crippen LogP contribution is -2.02. The van der Waals surface area contributed by atoms with Crippen LogP contribution < -0.4 is 5.32 Å². The van der Waals surface area contributed by atoms with E-state index in [1.54, 1.807) is 11.5 Å². The molecular formula is C11H11BrN2S. The lowest BCUT2D eigenvalue weighted by molar-refractivity contribution is 0.831. The van der Waals surface area contributed by atoms with Crippen LogP contribution in [0.1, 0.15) is 4.88 Å². The lowest BCUT2D eigenvalue weighted by atomic mass is 10.1. The highest BCUT2D eigenvalue weighted by Gasteiger charge is 2.03. The number of benzene rings is 1. The third-order valence-electron chi connectivity index (χ3n) is 2.03. The van der Waals surface area contributed by atoms with E-state index in [1.165, 1.54) is 4.88 Å². The average Bonchev–Trinajstić information content (AvgIpc) is 2.67. The minimum atomic E-state index is 0.881. The molecule has 0 radical (unpaired) electrons. The standard InChI is InChI=1S/C11H11BrN2S/c1-13-7-10-6-11(14-15-10)8-3-2-4-9(12)5-8/h2-6,13H,7H2,1H3. The number of aromatic nitrogens is 1. The maximum absolute atomic E-state index is 4.43. The summed E-state index contributed by atoms with van der Waals surface area (Å²) in [6.45, 7) is 0.881. The summed E-state index contributed by atoms with van der Waals surface area (Å²) in [5.74, 6) is 0. The van der Waals surface area contributed by atoms with E-state index in [0.717, 1.165) is 22.3 Å². The Labute approximate surface area is 102 Å². The van der Waals surface area contributed by atoms with E-state index in [2.05, 4.69) is 43.8 Å². The zero-order valence-electron chi connectivity index (χ0n) is 8.33. The Kier molecular flexibility index (Phi) is 3.51. The quantitative estimate of drug-likeness (QED) is 0.935. The van der Waals surface area contributed by atoms with Gasteiger partial charge in [-0.2, -0.15) is 4.37 Å². The van der Waals surface area contributed by atoms with Crippen LogP contribution in [0.15, 0.2) is 34.8 Å². The van der Waals surface area contributed by atoms with Gasteiger partial charge in [-0.3, -0.25) is 0 Å². The second-order valence-corrected chi connectivity index (χ2v) is 5.02. The smallest absolute Gasteiger partial charge is 0.0844 e. The zero-order valence-corrected chi connectivity index (χ0v) is 10.7. The third kappa shape index (κ3) is 2.65. The minimum absolute atomic E-state index is 0.881. The minimum Gasteiger partial charge on any atom is -0.315 e. The molecule has 1 heterocycles. The molecule has 0 saturated carbocycles. The Bertz CT molecular complexity index is 453. The highest BCUT2D eigenvalue weighted by molar-refractivity contribution is 9.10. The fourth-order valence-corrected chi connectivity index (χ4v) is 2.50. The molecule has 2 rings (SSSR count). The van der Waals surface area contributed by atoms with Crippen LogP contribution in [0.4, 0.5) is 0 Å². The molecule has 15 heavy (non-hydrogen) atoms. The molecule has 0 aliphatic rings. The van der Waals surface area contributed by atoms with Crippen molar-refractivity contribution in [1.82, 2.24) is 9.69 Å². The number of hydrogen-bond acceptors (Lipinski definition) is 3. The van der Waals surface area contributed by atoms with Gasteiger partial charge in [-0.25, -0.2) is 0 Å². The van der Waals surface area contributed by atoms with E-state index in [9.17, 15) is 0 Å². The fourth-order valence-electron chi connectivity index (χ4n) is 1.35. The first-order valence-electron chi connectivity index (χ1n) is 4.66. The highest BCUT2D eigenvalue weighted by Crippen LogP contribution is 2.24. The summed E-state index contributed by atoms with van der Waals surface area (Å²) in [5.41, 5.74) is 2.20. The van der Waals surface area contributed by atoms with E-state index in [1.807, 2.05) is 19.2 Å². The predicted octanol–water partition coefficient (Wildman–Crippen LogP) is 3.29. The van der Waals surface area contributed by atoms with Gasteiger partial charge in [0, 0.05) is 21.5 Å². The van der Waals surface area contributed by atoms with Crippen LogP contribution in [0, 0.1) is 0 Å². The summed E-state index contributed by atoms with van der Waals surface area (Å²) < 4.78 is 5.51. The van der Waals surface area contributed by atoms with Crippen molar-refractivity contribution in [1.29, 1.82) is 0 Å². The summed E-state index contributed by atoms with van der Waals surface area (Å²) in [5, 5.41) is 3.12. The number of nitrogens with one attached hydrogen (secondary N) is 1. The van der Waals surface area contributed by atoms with Crippen molar-refractivity contribution in [2.24, 2.45) is 0 Å². The van der Waals surface area contributed by atoms with Crippen LogP contribution in [-0.2, 0) is 6.54 Å². The Balaban J connectivity index is 2.29. The third-order valence-corrected chi connectivity index (χ3v) is 3.31. The maximum Gasteiger partial charge on any atom is 0.0844 e. The van der Waals surface area contributed by atoms with Crippen molar-refractivity contribution in [3.05, 3.63) is 39.7 Å². The molecule has 0 unspecified atom stereocenters. The first-order chi connectivity index (χ1) is 7.29. The molecule has 2 nitrogen and oxygen atoms in total. The second-order valence-electron chi connectivity index (χ2n) is 3.22. The summed E-state index contributed by atoms with van der Waals surface area (Å²) in [7, 11) is 1.94. The van der Waals surface area contributed by atoms with Crippen molar-refractivity contribution in [2.75, 3.05) is 7.05 Å². The molecule has 0 atom stereocenters. The van der Waals surface area contributed by atoms with Gasteiger partial charge in [-0.05, 0) is 36.8 Å². The average molecular weight is 283 g/mol. The lowest BCUT2D eigenvalue weighted by Gasteiger charge is -1.96. The van der Waals surface area contributed by atoms with Crippen LogP contribution >= 0.6 is 27.5 Å². The number of nitrogens with zero attached hydrogens (tertiary/aromatic N) is 1.